The van der Waals surface area contributed by atoms with Crippen molar-refractivity contribution in [3.8, 4) is 11.3 Å². The first-order valence-corrected chi connectivity index (χ1v) is 13.8. The van der Waals surface area contributed by atoms with Crippen molar-refractivity contribution in [2.45, 2.75) is 63.7 Å². The van der Waals surface area contributed by atoms with Gasteiger partial charge in [-0.05, 0) is 62.4 Å². The van der Waals surface area contributed by atoms with Crippen molar-refractivity contribution in [3.05, 3.63) is 53.5 Å². The van der Waals surface area contributed by atoms with E-state index in [1.165, 1.54) is 16.4 Å². The summed E-state index contributed by atoms with van der Waals surface area (Å²) in [4.78, 5) is 20.1. The molecule has 3 heterocycles. The van der Waals surface area contributed by atoms with Crippen molar-refractivity contribution in [1.82, 2.24) is 14.2 Å². The quantitative estimate of drug-likeness (QED) is 0.492. The van der Waals surface area contributed by atoms with Crippen molar-refractivity contribution in [1.29, 1.82) is 0 Å². The number of hydrogen-bond acceptors (Lipinski definition) is 5. The number of pyridine rings is 1. The average molecular weight is 514 g/mol. The minimum Gasteiger partial charge on any atom is -0.449 e. The smallest absolute Gasteiger partial charge is 0.290 e. The van der Waals surface area contributed by atoms with E-state index in [0.29, 0.717) is 29.6 Å². The Bertz CT molecular complexity index is 1430. The molecule has 192 valence electrons. The van der Waals surface area contributed by atoms with Crippen molar-refractivity contribution >= 4 is 27.0 Å². The number of fused-ring (bicyclic) bond motifs is 1. The van der Waals surface area contributed by atoms with Gasteiger partial charge in [-0.3, -0.25) is 4.79 Å². The first-order valence-electron chi connectivity index (χ1n) is 12.3. The minimum absolute atomic E-state index is 0.172. The SMILES string of the molecule is CC(C)(C)c1cc(-c2ccc(F)cc2)nc2cc(C(=O)N3CCN(S(=O)(=O)C4CC4)CC3(C)C)oc12. The summed E-state index contributed by atoms with van der Waals surface area (Å²) in [6.45, 7) is 10.7. The Hall–Kier alpha value is -2.78. The summed E-state index contributed by atoms with van der Waals surface area (Å²) in [5, 5.41) is -0.275. The Morgan fingerprint density at radius 3 is 2.36 bits per heavy atom. The summed E-state index contributed by atoms with van der Waals surface area (Å²) in [7, 11) is -3.31. The number of carbonyl (C=O) groups excluding carboxylic acids is 1. The number of benzene rings is 1. The van der Waals surface area contributed by atoms with Crippen LogP contribution < -0.4 is 0 Å². The zero-order valence-corrected chi connectivity index (χ0v) is 22.2. The molecule has 1 aliphatic carbocycles. The van der Waals surface area contributed by atoms with Crippen LogP contribution in [0.5, 0.6) is 0 Å². The number of halogens is 1. The third-order valence-electron chi connectivity index (χ3n) is 7.06. The van der Waals surface area contributed by atoms with Crippen molar-refractivity contribution < 1.29 is 22.0 Å². The van der Waals surface area contributed by atoms with E-state index in [4.69, 9.17) is 9.40 Å². The lowest BCUT2D eigenvalue weighted by atomic mass is 9.86. The van der Waals surface area contributed by atoms with Crippen molar-refractivity contribution in [2.24, 2.45) is 0 Å². The molecule has 0 radical (unpaired) electrons. The topological polar surface area (TPSA) is 83.7 Å². The Kier molecular flexibility index (Phi) is 5.79. The lowest BCUT2D eigenvalue weighted by Crippen LogP contribution is -2.62. The molecule has 2 aliphatic rings. The standard InChI is InChI=1S/C27H32FN3O4S/c1-26(2,3)20-14-21(17-6-8-18(28)9-7-17)29-22-15-23(35-24(20)22)25(32)31-13-12-30(16-27(31,4)5)36(33,34)19-10-11-19/h6-9,14-15,19H,10-13,16H2,1-5H3. The maximum Gasteiger partial charge on any atom is 0.290 e. The van der Waals surface area contributed by atoms with Gasteiger partial charge in [0.15, 0.2) is 11.3 Å². The molecule has 0 atom stereocenters. The number of rotatable bonds is 4. The molecule has 0 unspecified atom stereocenters. The van der Waals surface area contributed by atoms with E-state index in [2.05, 4.69) is 20.8 Å². The second-order valence-electron chi connectivity index (χ2n) is 11.5. The number of amides is 1. The van der Waals surface area contributed by atoms with Crippen LogP contribution in [-0.2, 0) is 15.4 Å². The summed E-state index contributed by atoms with van der Waals surface area (Å²) < 4.78 is 46.7. The molecular weight excluding hydrogens is 481 g/mol. The molecule has 9 heteroatoms. The fourth-order valence-electron chi connectivity index (χ4n) is 4.87. The summed E-state index contributed by atoms with van der Waals surface area (Å²) in [6.07, 6.45) is 1.42. The summed E-state index contributed by atoms with van der Waals surface area (Å²) in [5.74, 6) is -0.435. The molecule has 0 spiro atoms. The molecule has 0 bridgehead atoms. The minimum atomic E-state index is -3.31. The van der Waals surface area contributed by atoms with Gasteiger partial charge in [-0.2, -0.15) is 4.31 Å². The van der Waals surface area contributed by atoms with Gasteiger partial charge in [-0.15, -0.1) is 0 Å². The van der Waals surface area contributed by atoms with Gasteiger partial charge < -0.3 is 9.32 Å². The highest BCUT2D eigenvalue weighted by Crippen LogP contribution is 2.37. The molecule has 1 aliphatic heterocycles. The van der Waals surface area contributed by atoms with Crippen molar-refractivity contribution in [2.75, 3.05) is 19.6 Å². The zero-order chi connectivity index (χ0) is 26.0. The van der Waals surface area contributed by atoms with E-state index in [1.54, 1.807) is 23.1 Å². The molecule has 7 nitrogen and oxygen atoms in total. The first-order chi connectivity index (χ1) is 16.8. The highest BCUT2D eigenvalue weighted by atomic mass is 32.2. The van der Waals surface area contributed by atoms with Crippen LogP contribution in [-0.4, -0.2) is 58.9 Å². The summed E-state index contributed by atoms with van der Waals surface area (Å²) in [5.41, 5.74) is 2.44. The number of aromatic nitrogens is 1. The first kappa shape index (κ1) is 24.9. The lowest BCUT2D eigenvalue weighted by Gasteiger charge is -2.46. The van der Waals surface area contributed by atoms with Crippen LogP contribution in [0.25, 0.3) is 22.4 Å². The Balaban J connectivity index is 1.50. The third kappa shape index (κ3) is 4.43. The van der Waals surface area contributed by atoms with Crippen LogP contribution in [0.4, 0.5) is 4.39 Å². The average Bonchev–Trinajstić information content (AvgIpc) is 3.57. The predicted molar refractivity (Wildman–Crippen MR) is 137 cm³/mol. The van der Waals surface area contributed by atoms with Gasteiger partial charge in [-0.25, -0.2) is 17.8 Å². The lowest BCUT2D eigenvalue weighted by molar-refractivity contribution is 0.0325. The maximum absolute atomic E-state index is 13.6. The third-order valence-corrected chi connectivity index (χ3v) is 9.40. The zero-order valence-electron chi connectivity index (χ0n) is 21.3. The van der Waals surface area contributed by atoms with E-state index in [1.807, 2.05) is 19.9 Å². The van der Waals surface area contributed by atoms with Gasteiger partial charge in [0.25, 0.3) is 5.91 Å². The highest BCUT2D eigenvalue weighted by molar-refractivity contribution is 7.90. The maximum atomic E-state index is 13.6. The largest absolute Gasteiger partial charge is 0.449 e. The highest BCUT2D eigenvalue weighted by Gasteiger charge is 2.46. The Morgan fingerprint density at radius 2 is 1.78 bits per heavy atom. The molecular formula is C27H32FN3O4S. The van der Waals surface area contributed by atoms with Crippen LogP contribution in [0, 0.1) is 5.82 Å². The van der Waals surface area contributed by atoms with Crippen LogP contribution in [0.15, 0.2) is 40.8 Å². The number of carbonyl (C=O) groups is 1. The molecule has 1 aromatic carbocycles. The van der Waals surface area contributed by atoms with Gasteiger partial charge in [0.1, 0.15) is 11.3 Å². The molecule has 1 amide bonds. The monoisotopic (exact) mass is 513 g/mol. The number of hydrogen-bond donors (Lipinski definition) is 0. The fourth-order valence-corrected chi connectivity index (χ4v) is 6.85. The normalized spacial score (nSPS) is 19.1. The molecule has 2 fully saturated rings. The molecule has 0 N–H and O–H groups in total. The van der Waals surface area contributed by atoms with Crippen LogP contribution in [0.2, 0.25) is 0 Å². The van der Waals surface area contributed by atoms with E-state index >= 15 is 0 Å². The van der Waals surface area contributed by atoms with Crippen LogP contribution >= 0.6 is 0 Å². The number of furan rings is 1. The molecule has 1 saturated carbocycles. The molecule has 2 aromatic heterocycles. The van der Waals surface area contributed by atoms with E-state index < -0.39 is 15.6 Å². The van der Waals surface area contributed by atoms with E-state index in [-0.39, 0.29) is 47.8 Å². The van der Waals surface area contributed by atoms with E-state index in [0.717, 1.165) is 11.1 Å². The van der Waals surface area contributed by atoms with Gasteiger partial charge in [-0.1, -0.05) is 20.8 Å². The van der Waals surface area contributed by atoms with Gasteiger partial charge in [0, 0.05) is 36.8 Å². The second-order valence-corrected chi connectivity index (χ2v) is 13.7. The van der Waals surface area contributed by atoms with Crippen LogP contribution in [0.3, 0.4) is 0 Å². The molecule has 5 rings (SSSR count). The Labute approximate surface area is 211 Å². The van der Waals surface area contributed by atoms with Crippen LogP contribution in [0.1, 0.15) is 63.6 Å². The molecule has 36 heavy (non-hydrogen) atoms. The summed E-state index contributed by atoms with van der Waals surface area (Å²) >= 11 is 0. The predicted octanol–water partition coefficient (Wildman–Crippen LogP) is 4.96. The van der Waals surface area contributed by atoms with E-state index in [9.17, 15) is 17.6 Å². The molecule has 1 saturated heterocycles. The van der Waals surface area contributed by atoms with Gasteiger partial charge in [0.05, 0.1) is 16.5 Å². The van der Waals surface area contributed by atoms with Gasteiger partial charge in [0.2, 0.25) is 10.0 Å². The second kappa shape index (κ2) is 8.38. The fraction of sp³-hybridized carbons (Fsp3) is 0.481. The van der Waals surface area contributed by atoms with Gasteiger partial charge >= 0.3 is 0 Å². The summed E-state index contributed by atoms with van der Waals surface area (Å²) in [6, 6.07) is 9.74. The number of sulfonamides is 1. The van der Waals surface area contributed by atoms with Crippen molar-refractivity contribution in [3.63, 3.8) is 0 Å². The molecule has 3 aromatic rings. The number of nitrogens with zero attached hydrogens (tertiary/aromatic N) is 3. The number of piperazine rings is 1. The Morgan fingerprint density at radius 1 is 1.11 bits per heavy atom.